The van der Waals surface area contributed by atoms with Crippen LogP contribution in [0.2, 0.25) is 0 Å². The number of carbonyl (C=O) groups is 3. The molecule has 0 radical (unpaired) electrons. The summed E-state index contributed by atoms with van der Waals surface area (Å²) < 4.78 is 0. The fourth-order valence-electron chi connectivity index (χ4n) is 5.56. The van der Waals surface area contributed by atoms with Crippen molar-refractivity contribution < 1.29 is 14.4 Å². The predicted molar refractivity (Wildman–Crippen MR) is 152 cm³/mol. The van der Waals surface area contributed by atoms with Crippen LogP contribution in [0.15, 0.2) is 84.9 Å². The summed E-state index contributed by atoms with van der Waals surface area (Å²) >= 11 is 0. The van der Waals surface area contributed by atoms with Crippen LogP contribution in [0.5, 0.6) is 0 Å². The number of amides is 4. The van der Waals surface area contributed by atoms with Crippen LogP contribution in [-0.4, -0.2) is 71.4 Å². The first kappa shape index (κ1) is 26.3. The van der Waals surface area contributed by atoms with Crippen molar-refractivity contribution in [3.05, 3.63) is 96.1 Å². The normalized spacial score (nSPS) is 16.5. The number of carbonyl (C=O) groups excluding carboxylic acids is 3. The first-order chi connectivity index (χ1) is 18.9. The summed E-state index contributed by atoms with van der Waals surface area (Å²) in [7, 11) is 1.77. The van der Waals surface area contributed by atoms with Gasteiger partial charge in [0.15, 0.2) is 0 Å². The van der Waals surface area contributed by atoms with Crippen LogP contribution in [0.4, 0.5) is 16.2 Å². The molecule has 3 aromatic rings. The van der Waals surface area contributed by atoms with Gasteiger partial charge in [-0.15, -0.1) is 0 Å². The zero-order chi connectivity index (χ0) is 27.4. The molecule has 2 heterocycles. The highest BCUT2D eigenvalue weighted by atomic mass is 16.2. The number of nitrogens with zero attached hydrogens (tertiary/aromatic N) is 4. The molecular formula is C31H35N5O3. The molecule has 8 nitrogen and oxygen atoms in total. The second-order valence-electron chi connectivity index (χ2n) is 10.5. The van der Waals surface area contributed by atoms with E-state index >= 15 is 0 Å². The average Bonchev–Trinajstić information content (AvgIpc) is 3.20. The Kier molecular flexibility index (Phi) is 7.54. The third-order valence-electron chi connectivity index (χ3n) is 7.74. The van der Waals surface area contributed by atoms with Gasteiger partial charge in [-0.2, -0.15) is 0 Å². The highest BCUT2D eigenvalue weighted by Gasteiger charge is 2.54. The fourth-order valence-corrected chi connectivity index (χ4v) is 5.56. The topological polar surface area (TPSA) is 76.2 Å². The number of piperidine rings is 1. The summed E-state index contributed by atoms with van der Waals surface area (Å²) in [5, 5.41) is 2.98. The van der Waals surface area contributed by atoms with E-state index in [4.69, 9.17) is 0 Å². The van der Waals surface area contributed by atoms with Crippen molar-refractivity contribution in [1.82, 2.24) is 14.7 Å². The van der Waals surface area contributed by atoms with E-state index in [1.807, 2.05) is 91.9 Å². The van der Waals surface area contributed by atoms with Gasteiger partial charge in [0.05, 0.1) is 6.67 Å². The number of nitrogens with one attached hydrogen (secondary N) is 1. The minimum atomic E-state index is -0.792. The summed E-state index contributed by atoms with van der Waals surface area (Å²) in [5.74, 6) is -0.154. The quantitative estimate of drug-likeness (QED) is 0.520. The second-order valence-corrected chi connectivity index (χ2v) is 10.5. The highest BCUT2D eigenvalue weighted by Crippen LogP contribution is 2.39. The molecular weight excluding hydrogens is 490 g/mol. The van der Waals surface area contributed by atoms with Crippen molar-refractivity contribution in [1.29, 1.82) is 0 Å². The summed E-state index contributed by atoms with van der Waals surface area (Å²) in [6.07, 6.45) is 0.985. The highest BCUT2D eigenvalue weighted by molar-refractivity contribution is 5.97. The number of urea groups is 1. The van der Waals surface area contributed by atoms with Crippen LogP contribution in [0.1, 0.15) is 24.0 Å². The lowest BCUT2D eigenvalue weighted by atomic mass is 9.85. The maximum Gasteiger partial charge on any atom is 0.321 e. The molecule has 8 heteroatoms. The lowest BCUT2D eigenvalue weighted by Gasteiger charge is -2.43. The molecule has 39 heavy (non-hydrogen) atoms. The van der Waals surface area contributed by atoms with Gasteiger partial charge in [0.2, 0.25) is 5.91 Å². The number of rotatable bonds is 6. The number of benzene rings is 3. The monoisotopic (exact) mass is 525 g/mol. The Bertz CT molecular complexity index is 1320. The molecule has 0 saturated carbocycles. The summed E-state index contributed by atoms with van der Waals surface area (Å²) in [6.45, 7) is 3.72. The molecule has 4 amide bonds. The third-order valence-corrected chi connectivity index (χ3v) is 7.74. The van der Waals surface area contributed by atoms with Crippen LogP contribution in [-0.2, 0) is 16.1 Å². The molecule has 5 rings (SSSR count). The van der Waals surface area contributed by atoms with E-state index in [0.29, 0.717) is 39.1 Å². The number of anilines is 2. The van der Waals surface area contributed by atoms with Gasteiger partial charge in [0.25, 0.3) is 5.91 Å². The third kappa shape index (κ3) is 5.60. The van der Waals surface area contributed by atoms with Crippen molar-refractivity contribution in [2.24, 2.45) is 0 Å². The van der Waals surface area contributed by atoms with Crippen molar-refractivity contribution in [3.8, 4) is 0 Å². The van der Waals surface area contributed by atoms with Crippen LogP contribution in [0, 0.1) is 6.92 Å². The summed E-state index contributed by atoms with van der Waals surface area (Å²) in [4.78, 5) is 47.4. The first-order valence-corrected chi connectivity index (χ1v) is 13.4. The molecule has 3 aromatic carbocycles. The molecule has 2 aliphatic rings. The Hall–Kier alpha value is -4.33. The second kappa shape index (κ2) is 11.2. The molecule has 1 N–H and O–H groups in total. The van der Waals surface area contributed by atoms with Gasteiger partial charge in [-0.3, -0.25) is 9.59 Å². The van der Waals surface area contributed by atoms with Gasteiger partial charge in [-0.25, -0.2) is 4.79 Å². The minimum absolute atomic E-state index is 0.0187. The Balaban J connectivity index is 1.29. The van der Waals surface area contributed by atoms with Crippen molar-refractivity contribution >= 4 is 29.2 Å². The van der Waals surface area contributed by atoms with E-state index in [0.717, 1.165) is 22.5 Å². The van der Waals surface area contributed by atoms with E-state index in [9.17, 15) is 14.4 Å². The van der Waals surface area contributed by atoms with Crippen LogP contribution in [0.3, 0.4) is 0 Å². The maximum absolute atomic E-state index is 14.0. The summed E-state index contributed by atoms with van der Waals surface area (Å²) in [5.41, 5.74) is 3.02. The Morgan fingerprint density at radius 1 is 0.923 bits per heavy atom. The molecule has 0 aliphatic carbocycles. The van der Waals surface area contributed by atoms with E-state index in [2.05, 4.69) is 10.2 Å². The Labute approximate surface area is 229 Å². The van der Waals surface area contributed by atoms with E-state index in [1.165, 1.54) is 0 Å². The number of para-hydroxylation sites is 1. The fraction of sp³-hybridized carbons (Fsp3) is 0.323. The Morgan fingerprint density at radius 3 is 2.26 bits per heavy atom. The van der Waals surface area contributed by atoms with Gasteiger partial charge in [0.1, 0.15) is 12.1 Å². The SMILES string of the molecule is Cc1cccc(NC(=O)N2CCC3(CC2)C(=O)N(CC(=O)N(C)Cc2ccccc2)CN3c2ccccc2)c1. The zero-order valence-corrected chi connectivity index (χ0v) is 22.5. The summed E-state index contributed by atoms with van der Waals surface area (Å²) in [6, 6.07) is 27.2. The number of likely N-dealkylation sites (tertiary alicyclic amines) is 1. The first-order valence-electron chi connectivity index (χ1n) is 13.4. The average molecular weight is 526 g/mol. The van der Waals surface area contributed by atoms with Crippen molar-refractivity contribution in [2.75, 3.05) is 43.6 Å². The molecule has 2 saturated heterocycles. The van der Waals surface area contributed by atoms with Crippen molar-refractivity contribution in [3.63, 3.8) is 0 Å². The number of aryl methyl sites for hydroxylation is 1. The van der Waals surface area contributed by atoms with E-state index < -0.39 is 5.54 Å². The van der Waals surface area contributed by atoms with Gasteiger partial charge in [-0.05, 0) is 55.2 Å². The molecule has 0 aromatic heterocycles. The van der Waals surface area contributed by atoms with Gasteiger partial charge in [0, 0.05) is 38.1 Å². The maximum atomic E-state index is 14.0. The molecule has 0 bridgehead atoms. The Morgan fingerprint density at radius 2 is 1.59 bits per heavy atom. The standard InChI is InChI=1S/C31H35N5O3/c1-24-10-9-13-26(20-24)32-30(39)34-18-16-31(17-19-34)29(38)35(23-36(31)27-14-7-4-8-15-27)22-28(37)33(2)21-25-11-5-3-6-12-25/h3-15,20H,16-19,21-23H2,1-2H3,(H,32,39). The van der Waals surface area contributed by atoms with Crippen LogP contribution < -0.4 is 10.2 Å². The lowest BCUT2D eigenvalue weighted by Crippen LogP contribution is -2.58. The number of likely N-dealkylation sites (N-methyl/N-ethyl adjacent to an activating group) is 1. The number of hydrogen-bond donors (Lipinski definition) is 1. The predicted octanol–water partition coefficient (Wildman–Crippen LogP) is 4.33. The van der Waals surface area contributed by atoms with Crippen LogP contribution in [0.25, 0.3) is 0 Å². The largest absolute Gasteiger partial charge is 0.340 e. The van der Waals surface area contributed by atoms with Crippen molar-refractivity contribution in [2.45, 2.75) is 31.8 Å². The van der Waals surface area contributed by atoms with E-state index in [1.54, 1.807) is 21.7 Å². The molecule has 0 unspecified atom stereocenters. The lowest BCUT2D eigenvalue weighted by molar-refractivity contribution is -0.140. The zero-order valence-electron chi connectivity index (χ0n) is 22.5. The molecule has 202 valence electrons. The van der Waals surface area contributed by atoms with E-state index in [-0.39, 0.29) is 24.4 Å². The molecule has 2 aliphatic heterocycles. The minimum Gasteiger partial charge on any atom is -0.340 e. The van der Waals surface area contributed by atoms with Gasteiger partial charge in [-0.1, -0.05) is 60.7 Å². The number of hydrogen-bond acceptors (Lipinski definition) is 4. The molecule has 0 atom stereocenters. The van der Waals surface area contributed by atoms with Gasteiger partial charge < -0.3 is 24.9 Å². The smallest absolute Gasteiger partial charge is 0.321 e. The van der Waals surface area contributed by atoms with Gasteiger partial charge >= 0.3 is 6.03 Å². The molecule has 1 spiro atoms. The van der Waals surface area contributed by atoms with Crippen LogP contribution >= 0.6 is 0 Å². The molecule has 2 fully saturated rings.